The maximum Gasteiger partial charge on any atom is 0.308 e. The predicted octanol–water partition coefficient (Wildman–Crippen LogP) is 1.41. The fourth-order valence-corrected chi connectivity index (χ4v) is 0.789. The van der Waals surface area contributed by atoms with Crippen LogP contribution in [0, 0.1) is 0 Å². The highest BCUT2D eigenvalue weighted by Gasteiger charge is 2.13. The number of hydrogen-bond donors (Lipinski definition) is 0. The molecule has 0 N–H and O–H groups in total. The van der Waals surface area contributed by atoms with Crippen LogP contribution in [0.3, 0.4) is 0 Å². The molecule has 0 atom stereocenters. The van der Waals surface area contributed by atoms with Crippen molar-refractivity contribution >= 4 is 11.8 Å². The third-order valence-corrected chi connectivity index (χ3v) is 1.20. The minimum atomic E-state index is -0.473. The zero-order valence-corrected chi connectivity index (χ0v) is 6.79. The second-order valence-corrected chi connectivity index (χ2v) is 2.26. The summed E-state index contributed by atoms with van der Waals surface area (Å²) in [4.78, 5) is 21.3. The van der Waals surface area contributed by atoms with Gasteiger partial charge in [0.1, 0.15) is 0 Å². The number of rotatable bonds is 2. The van der Waals surface area contributed by atoms with Gasteiger partial charge in [-0.05, 0) is 0 Å². The van der Waals surface area contributed by atoms with Crippen LogP contribution in [-0.2, 0) is 4.79 Å². The summed E-state index contributed by atoms with van der Waals surface area (Å²) < 4.78 is 9.49. The molecule has 0 bridgehead atoms. The molecule has 0 aromatic carbocycles. The first-order chi connectivity index (χ1) is 5.61. The molecule has 1 aromatic heterocycles. The highest BCUT2D eigenvalue weighted by atomic mass is 16.5. The van der Waals surface area contributed by atoms with E-state index in [1.54, 1.807) is 0 Å². The molecule has 0 aliphatic carbocycles. The molecule has 0 aliphatic rings. The van der Waals surface area contributed by atoms with Crippen molar-refractivity contribution in [1.29, 1.82) is 0 Å². The summed E-state index contributed by atoms with van der Waals surface area (Å²) in [6.45, 7) is 2.60. The van der Waals surface area contributed by atoms with Crippen LogP contribution in [-0.4, -0.2) is 11.8 Å². The number of esters is 1. The molecule has 1 rings (SSSR count). The molecule has 0 saturated carbocycles. The quantitative estimate of drug-likeness (QED) is 0.494. The molecule has 0 aliphatic heterocycles. The summed E-state index contributed by atoms with van der Waals surface area (Å²) >= 11 is 0. The third-order valence-electron chi connectivity index (χ3n) is 1.20. The van der Waals surface area contributed by atoms with Gasteiger partial charge in [0, 0.05) is 19.9 Å². The molecular formula is C8H8O4. The van der Waals surface area contributed by atoms with Crippen LogP contribution >= 0.6 is 0 Å². The van der Waals surface area contributed by atoms with Crippen LogP contribution < -0.4 is 4.74 Å². The number of hydrogen-bond acceptors (Lipinski definition) is 4. The molecule has 1 aromatic rings. The maximum atomic E-state index is 10.8. The average molecular weight is 168 g/mol. The monoisotopic (exact) mass is 168 g/mol. The molecule has 0 saturated heterocycles. The Bertz CT molecular complexity index is 311. The van der Waals surface area contributed by atoms with Gasteiger partial charge in [-0.3, -0.25) is 9.59 Å². The second kappa shape index (κ2) is 3.21. The van der Waals surface area contributed by atoms with E-state index in [0.29, 0.717) is 0 Å². The fraction of sp³-hybridized carbons (Fsp3) is 0.250. The Kier molecular flexibility index (Phi) is 2.28. The van der Waals surface area contributed by atoms with Crippen molar-refractivity contribution in [2.24, 2.45) is 0 Å². The lowest BCUT2D eigenvalue weighted by Crippen LogP contribution is -2.03. The van der Waals surface area contributed by atoms with Crippen molar-refractivity contribution < 1.29 is 18.7 Å². The van der Waals surface area contributed by atoms with Gasteiger partial charge >= 0.3 is 5.97 Å². The molecule has 0 spiro atoms. The summed E-state index contributed by atoms with van der Waals surface area (Å²) in [6.07, 6.45) is 1.30. The van der Waals surface area contributed by atoms with Crippen LogP contribution in [0.15, 0.2) is 16.7 Å². The van der Waals surface area contributed by atoms with Gasteiger partial charge in [-0.25, -0.2) is 0 Å². The topological polar surface area (TPSA) is 56.5 Å². The van der Waals surface area contributed by atoms with Gasteiger partial charge in [0.2, 0.25) is 5.76 Å². The van der Waals surface area contributed by atoms with Crippen molar-refractivity contribution in [2.45, 2.75) is 13.8 Å². The minimum absolute atomic E-state index is 0.0743. The summed E-state index contributed by atoms with van der Waals surface area (Å²) in [5.74, 6) is -0.490. The number of ketones is 1. The lowest BCUT2D eigenvalue weighted by molar-refractivity contribution is -0.131. The average Bonchev–Trinajstić information content (AvgIpc) is 2.33. The second-order valence-electron chi connectivity index (χ2n) is 2.26. The van der Waals surface area contributed by atoms with Gasteiger partial charge in [-0.1, -0.05) is 0 Å². The van der Waals surface area contributed by atoms with E-state index in [-0.39, 0.29) is 17.3 Å². The van der Waals surface area contributed by atoms with Crippen LogP contribution in [0.1, 0.15) is 24.4 Å². The van der Waals surface area contributed by atoms with E-state index >= 15 is 0 Å². The van der Waals surface area contributed by atoms with E-state index in [4.69, 9.17) is 9.15 Å². The first-order valence-corrected chi connectivity index (χ1v) is 3.38. The van der Waals surface area contributed by atoms with Gasteiger partial charge in [0.25, 0.3) is 0 Å². The normalized spacial score (nSPS) is 9.50. The molecule has 64 valence electrons. The largest absolute Gasteiger partial charge is 0.457 e. The zero-order valence-electron chi connectivity index (χ0n) is 6.79. The van der Waals surface area contributed by atoms with Crippen molar-refractivity contribution in [3.8, 4) is 5.75 Å². The lowest BCUT2D eigenvalue weighted by atomic mass is 10.3. The smallest absolute Gasteiger partial charge is 0.308 e. The number of carbonyl (C=O) groups excluding carboxylic acids is 2. The molecule has 0 amide bonds. The molecular weight excluding hydrogens is 160 g/mol. The van der Waals surface area contributed by atoms with E-state index in [0.717, 1.165) is 0 Å². The van der Waals surface area contributed by atoms with Gasteiger partial charge in [-0.15, -0.1) is 0 Å². The zero-order chi connectivity index (χ0) is 9.14. The maximum absolute atomic E-state index is 10.8. The van der Waals surface area contributed by atoms with E-state index < -0.39 is 5.97 Å². The number of carbonyl (C=O) groups is 2. The van der Waals surface area contributed by atoms with Crippen LogP contribution in [0.4, 0.5) is 0 Å². The first-order valence-electron chi connectivity index (χ1n) is 3.38. The van der Waals surface area contributed by atoms with E-state index in [2.05, 4.69) is 0 Å². The van der Waals surface area contributed by atoms with Crippen LogP contribution in [0.5, 0.6) is 5.75 Å². The Balaban J connectivity index is 2.91. The van der Waals surface area contributed by atoms with E-state index in [1.165, 1.54) is 26.2 Å². The number of ether oxygens (including phenoxy) is 1. The minimum Gasteiger partial charge on any atom is -0.457 e. The number of Topliss-reactive ketones (excluding diaryl/α,β-unsaturated/α-hetero) is 1. The Labute approximate surface area is 69.1 Å². The molecule has 12 heavy (non-hydrogen) atoms. The van der Waals surface area contributed by atoms with Gasteiger partial charge < -0.3 is 9.15 Å². The van der Waals surface area contributed by atoms with Crippen molar-refractivity contribution in [2.75, 3.05) is 0 Å². The standard InChI is InChI=1S/C8H8O4/c1-5(9)8-7(3-4-11-8)12-6(2)10/h3-4H,1-2H3. The van der Waals surface area contributed by atoms with Gasteiger partial charge in [0.15, 0.2) is 11.5 Å². The Morgan fingerprint density at radius 1 is 1.42 bits per heavy atom. The van der Waals surface area contributed by atoms with E-state index in [9.17, 15) is 9.59 Å². The predicted molar refractivity (Wildman–Crippen MR) is 40.0 cm³/mol. The molecule has 1 heterocycles. The molecule has 0 radical (unpaired) electrons. The van der Waals surface area contributed by atoms with Crippen molar-refractivity contribution in [3.63, 3.8) is 0 Å². The summed E-state index contributed by atoms with van der Waals surface area (Å²) in [5, 5.41) is 0. The van der Waals surface area contributed by atoms with Crippen LogP contribution in [0.2, 0.25) is 0 Å². The van der Waals surface area contributed by atoms with Crippen LogP contribution in [0.25, 0.3) is 0 Å². The summed E-state index contributed by atoms with van der Waals surface area (Å²) in [6, 6.07) is 1.43. The summed E-state index contributed by atoms with van der Waals surface area (Å²) in [7, 11) is 0. The molecule has 4 nitrogen and oxygen atoms in total. The molecule has 0 unspecified atom stereocenters. The van der Waals surface area contributed by atoms with Gasteiger partial charge in [-0.2, -0.15) is 0 Å². The molecule has 0 fully saturated rings. The van der Waals surface area contributed by atoms with Crippen molar-refractivity contribution in [1.82, 2.24) is 0 Å². The highest BCUT2D eigenvalue weighted by molar-refractivity contribution is 5.94. The van der Waals surface area contributed by atoms with Gasteiger partial charge in [0.05, 0.1) is 6.26 Å². The highest BCUT2D eigenvalue weighted by Crippen LogP contribution is 2.19. The Morgan fingerprint density at radius 2 is 2.08 bits per heavy atom. The lowest BCUT2D eigenvalue weighted by Gasteiger charge is -1.97. The Morgan fingerprint density at radius 3 is 2.58 bits per heavy atom. The summed E-state index contributed by atoms with van der Waals surface area (Å²) in [5.41, 5.74) is 0. The Hall–Kier alpha value is -1.58. The fourth-order valence-electron chi connectivity index (χ4n) is 0.789. The first kappa shape index (κ1) is 8.52. The van der Waals surface area contributed by atoms with E-state index in [1.807, 2.05) is 0 Å². The van der Waals surface area contributed by atoms with Crippen molar-refractivity contribution in [3.05, 3.63) is 18.1 Å². The SMILES string of the molecule is CC(=O)Oc1ccoc1C(C)=O. The number of furan rings is 1. The third kappa shape index (κ3) is 1.72. The molecule has 4 heteroatoms.